The van der Waals surface area contributed by atoms with E-state index in [9.17, 15) is 8.42 Å². The largest absolute Gasteiger partial charge is 0.381 e. The van der Waals surface area contributed by atoms with Gasteiger partial charge in [-0.15, -0.1) is 0 Å². The van der Waals surface area contributed by atoms with Crippen LogP contribution in [-0.2, 0) is 14.6 Å². The van der Waals surface area contributed by atoms with Gasteiger partial charge in [-0.1, -0.05) is 19.3 Å². The molecule has 3 rings (SSSR count). The van der Waals surface area contributed by atoms with Crippen molar-refractivity contribution < 1.29 is 13.2 Å². The third-order valence-corrected chi connectivity index (χ3v) is 8.80. The molecule has 3 aliphatic rings. The molecule has 0 unspecified atom stereocenters. The fourth-order valence-electron chi connectivity index (χ4n) is 4.57. The molecule has 0 bridgehead atoms. The quantitative estimate of drug-likeness (QED) is 0.605. The maximum absolute atomic E-state index is 12.7. The predicted octanol–water partition coefficient (Wildman–Crippen LogP) is 1.81. The van der Waals surface area contributed by atoms with E-state index < -0.39 is 14.6 Å². The van der Waals surface area contributed by atoms with Crippen LogP contribution in [-0.4, -0.2) is 69.7 Å². The molecule has 1 saturated carbocycles. The van der Waals surface area contributed by atoms with Gasteiger partial charge < -0.3 is 15.0 Å². The molecule has 3 fully saturated rings. The van der Waals surface area contributed by atoms with Crippen LogP contribution in [0.2, 0.25) is 0 Å². The van der Waals surface area contributed by atoms with Crippen LogP contribution in [0, 0.1) is 5.92 Å². The molecule has 1 spiro atoms. The lowest BCUT2D eigenvalue weighted by atomic mass is 9.87. The molecule has 7 heteroatoms. The molecule has 0 amide bonds. The van der Waals surface area contributed by atoms with Crippen molar-refractivity contribution in [3.05, 3.63) is 0 Å². The average molecular weight is 372 g/mol. The summed E-state index contributed by atoms with van der Waals surface area (Å²) in [5.41, 5.74) is 0. The number of sulfone groups is 1. The Balaban J connectivity index is 1.57. The van der Waals surface area contributed by atoms with Crippen LogP contribution < -0.4 is 5.32 Å². The summed E-state index contributed by atoms with van der Waals surface area (Å²) in [7, 11) is -1.20. The Bertz CT molecular complexity index is 564. The lowest BCUT2D eigenvalue weighted by molar-refractivity contribution is 0.0642. The Morgan fingerprint density at radius 3 is 2.64 bits per heavy atom. The van der Waals surface area contributed by atoms with Crippen molar-refractivity contribution >= 4 is 15.8 Å². The number of rotatable bonds is 3. The van der Waals surface area contributed by atoms with Crippen molar-refractivity contribution in [2.45, 2.75) is 56.1 Å². The van der Waals surface area contributed by atoms with Gasteiger partial charge in [-0.2, -0.15) is 0 Å². The highest BCUT2D eigenvalue weighted by molar-refractivity contribution is 7.92. The monoisotopic (exact) mass is 371 g/mol. The number of nitrogens with one attached hydrogen (secondary N) is 1. The second kappa shape index (κ2) is 8.25. The summed E-state index contributed by atoms with van der Waals surface area (Å²) in [4.78, 5) is 6.61. The molecule has 0 radical (unpaired) electrons. The van der Waals surface area contributed by atoms with Crippen molar-refractivity contribution in [2.24, 2.45) is 10.9 Å². The summed E-state index contributed by atoms with van der Waals surface area (Å²) in [5, 5.41) is 3.48. The molecule has 2 aliphatic heterocycles. The summed E-state index contributed by atoms with van der Waals surface area (Å²) >= 11 is 0. The normalized spacial score (nSPS) is 27.4. The molecule has 1 N–H and O–H groups in total. The number of hydrogen-bond acceptors (Lipinski definition) is 4. The second-order valence-corrected chi connectivity index (χ2v) is 10.3. The zero-order chi connectivity index (χ0) is 17.8. The van der Waals surface area contributed by atoms with Gasteiger partial charge in [0.1, 0.15) is 0 Å². The van der Waals surface area contributed by atoms with Gasteiger partial charge in [0.25, 0.3) is 0 Å². The third-order valence-electron chi connectivity index (χ3n) is 6.22. The van der Waals surface area contributed by atoms with E-state index in [-0.39, 0.29) is 5.75 Å². The summed E-state index contributed by atoms with van der Waals surface area (Å²) in [6.07, 6.45) is 8.26. The predicted molar refractivity (Wildman–Crippen MR) is 101 cm³/mol. The lowest BCUT2D eigenvalue weighted by Crippen LogP contribution is -2.60. The van der Waals surface area contributed by atoms with Gasteiger partial charge >= 0.3 is 0 Å². The standard InChI is InChI=1S/C18H33N3O3S/c1-19-17(20-10-5-16-6-12-24-13-7-16)21-11-14-25(22,23)18(15-21)8-3-2-4-9-18/h16H,2-15H2,1H3,(H,19,20). The van der Waals surface area contributed by atoms with Gasteiger partial charge in [-0.25, -0.2) is 8.42 Å². The number of hydrogen-bond donors (Lipinski definition) is 1. The summed E-state index contributed by atoms with van der Waals surface area (Å²) in [6.45, 7) is 3.82. The lowest BCUT2D eigenvalue weighted by Gasteiger charge is -2.45. The molecule has 25 heavy (non-hydrogen) atoms. The minimum atomic E-state index is -3.00. The van der Waals surface area contributed by atoms with E-state index in [1.165, 1.54) is 0 Å². The van der Waals surface area contributed by atoms with Crippen molar-refractivity contribution in [1.29, 1.82) is 0 Å². The number of aliphatic imine (C=N–C) groups is 1. The maximum atomic E-state index is 12.7. The molecule has 6 nitrogen and oxygen atoms in total. The Labute approximate surface area is 152 Å². The molecule has 0 aromatic rings. The maximum Gasteiger partial charge on any atom is 0.193 e. The molecular formula is C18H33N3O3S. The van der Waals surface area contributed by atoms with E-state index in [1.54, 1.807) is 7.05 Å². The van der Waals surface area contributed by atoms with Gasteiger partial charge in [0.15, 0.2) is 15.8 Å². The minimum absolute atomic E-state index is 0.258. The van der Waals surface area contributed by atoms with E-state index in [1.807, 2.05) is 0 Å². The zero-order valence-corrected chi connectivity index (χ0v) is 16.3. The first-order chi connectivity index (χ1) is 12.1. The Morgan fingerprint density at radius 1 is 1.24 bits per heavy atom. The van der Waals surface area contributed by atoms with Gasteiger partial charge in [-0.3, -0.25) is 4.99 Å². The number of nitrogens with zero attached hydrogens (tertiary/aromatic N) is 2. The first-order valence-corrected chi connectivity index (χ1v) is 11.5. The number of ether oxygens (including phenoxy) is 1. The third kappa shape index (κ3) is 4.30. The van der Waals surface area contributed by atoms with Crippen LogP contribution in [0.3, 0.4) is 0 Å². The van der Waals surface area contributed by atoms with Crippen LogP contribution in [0.25, 0.3) is 0 Å². The Hall–Kier alpha value is -0.820. The Morgan fingerprint density at radius 2 is 1.96 bits per heavy atom. The van der Waals surface area contributed by atoms with E-state index in [0.717, 1.165) is 83.0 Å². The molecule has 0 atom stereocenters. The van der Waals surface area contributed by atoms with E-state index in [0.29, 0.717) is 13.1 Å². The van der Waals surface area contributed by atoms with E-state index >= 15 is 0 Å². The minimum Gasteiger partial charge on any atom is -0.381 e. The molecule has 1 aliphatic carbocycles. The summed E-state index contributed by atoms with van der Waals surface area (Å²) < 4.78 is 30.4. The fraction of sp³-hybridized carbons (Fsp3) is 0.944. The van der Waals surface area contributed by atoms with Gasteiger partial charge in [0.05, 0.1) is 10.5 Å². The first-order valence-electron chi connectivity index (χ1n) is 9.82. The van der Waals surface area contributed by atoms with Crippen molar-refractivity contribution in [3.63, 3.8) is 0 Å². The second-order valence-electron chi connectivity index (χ2n) is 7.80. The summed E-state index contributed by atoms with van der Waals surface area (Å²) in [5.74, 6) is 1.85. The SMILES string of the molecule is CN=C(NCCC1CCOCC1)N1CCS(=O)(=O)C2(CCCCC2)C1. The van der Waals surface area contributed by atoms with Crippen LogP contribution in [0.1, 0.15) is 51.4 Å². The summed E-state index contributed by atoms with van der Waals surface area (Å²) in [6, 6.07) is 0. The molecule has 0 aromatic heterocycles. The highest BCUT2D eigenvalue weighted by Gasteiger charge is 2.48. The first kappa shape index (κ1) is 19.0. The van der Waals surface area contributed by atoms with Crippen molar-refractivity contribution in [2.75, 3.05) is 45.6 Å². The molecule has 144 valence electrons. The topological polar surface area (TPSA) is 71.0 Å². The van der Waals surface area contributed by atoms with E-state index in [4.69, 9.17) is 4.74 Å². The van der Waals surface area contributed by atoms with Crippen LogP contribution in [0.4, 0.5) is 0 Å². The molecular weight excluding hydrogens is 338 g/mol. The molecule has 2 heterocycles. The average Bonchev–Trinajstić information content (AvgIpc) is 2.63. The van der Waals surface area contributed by atoms with E-state index in [2.05, 4.69) is 15.2 Å². The van der Waals surface area contributed by atoms with Crippen LogP contribution in [0.5, 0.6) is 0 Å². The van der Waals surface area contributed by atoms with Crippen molar-refractivity contribution in [3.8, 4) is 0 Å². The highest BCUT2D eigenvalue weighted by atomic mass is 32.2. The number of guanidine groups is 1. The van der Waals surface area contributed by atoms with Crippen molar-refractivity contribution in [1.82, 2.24) is 10.2 Å². The van der Waals surface area contributed by atoms with Crippen LogP contribution >= 0.6 is 0 Å². The fourth-order valence-corrected chi connectivity index (χ4v) is 6.73. The highest BCUT2D eigenvalue weighted by Crippen LogP contribution is 2.38. The van der Waals surface area contributed by atoms with Gasteiger partial charge in [-0.05, 0) is 38.0 Å². The van der Waals surface area contributed by atoms with Crippen LogP contribution in [0.15, 0.2) is 4.99 Å². The zero-order valence-electron chi connectivity index (χ0n) is 15.5. The molecule has 2 saturated heterocycles. The Kier molecular flexibility index (Phi) is 6.25. The van der Waals surface area contributed by atoms with Gasteiger partial charge in [0.2, 0.25) is 0 Å². The smallest absolute Gasteiger partial charge is 0.193 e. The molecule has 0 aromatic carbocycles. The van der Waals surface area contributed by atoms with Gasteiger partial charge in [0, 0.05) is 39.9 Å².